The zero-order chi connectivity index (χ0) is 13.9. The summed E-state index contributed by atoms with van der Waals surface area (Å²) in [6.45, 7) is 0. The van der Waals surface area contributed by atoms with Gasteiger partial charge >= 0.3 is 0 Å². The molecule has 3 rings (SSSR count). The fourth-order valence-electron chi connectivity index (χ4n) is 2.74. The molecule has 0 unspecified atom stereocenters. The van der Waals surface area contributed by atoms with Gasteiger partial charge in [-0.15, -0.1) is 0 Å². The van der Waals surface area contributed by atoms with Crippen molar-refractivity contribution in [2.24, 2.45) is 0 Å². The molecular formula is C18H18O2. The number of fused-ring (bicyclic) bond motifs is 1. The van der Waals surface area contributed by atoms with E-state index in [0.29, 0.717) is 0 Å². The van der Waals surface area contributed by atoms with Crippen LogP contribution in [0.4, 0.5) is 0 Å². The van der Waals surface area contributed by atoms with Crippen LogP contribution in [0.3, 0.4) is 0 Å². The number of allylic oxidation sites excluding steroid dienone is 1. The van der Waals surface area contributed by atoms with Crippen molar-refractivity contribution in [3.8, 4) is 11.5 Å². The Morgan fingerprint density at radius 2 is 1.70 bits per heavy atom. The molecule has 20 heavy (non-hydrogen) atoms. The Morgan fingerprint density at radius 3 is 2.40 bits per heavy atom. The summed E-state index contributed by atoms with van der Waals surface area (Å²) in [7, 11) is 3.42. The topological polar surface area (TPSA) is 18.5 Å². The normalized spacial score (nSPS) is 15.2. The molecule has 2 heteroatoms. The molecule has 0 spiro atoms. The molecule has 1 aliphatic rings. The smallest absolute Gasteiger partial charge is 0.122 e. The van der Waals surface area contributed by atoms with E-state index in [1.54, 1.807) is 14.2 Å². The molecule has 102 valence electrons. The number of ether oxygens (including phenoxy) is 2. The first-order valence-electron chi connectivity index (χ1n) is 6.78. The van der Waals surface area contributed by atoms with Gasteiger partial charge in [-0.05, 0) is 42.2 Å². The molecule has 0 saturated heterocycles. The quantitative estimate of drug-likeness (QED) is 0.839. The first-order valence-corrected chi connectivity index (χ1v) is 6.78. The average Bonchev–Trinajstić information content (AvgIpc) is 2.90. The highest BCUT2D eigenvalue weighted by Gasteiger charge is 2.18. The van der Waals surface area contributed by atoms with Crippen molar-refractivity contribution in [3.63, 3.8) is 0 Å². The Labute approximate surface area is 119 Å². The molecule has 0 atom stereocenters. The predicted molar refractivity (Wildman–Crippen MR) is 81.4 cm³/mol. The van der Waals surface area contributed by atoms with Gasteiger partial charge in [0.25, 0.3) is 0 Å². The third-order valence-electron chi connectivity index (χ3n) is 3.76. The number of hydrogen-bond acceptors (Lipinski definition) is 2. The second-order valence-corrected chi connectivity index (χ2v) is 5.03. The summed E-state index contributed by atoms with van der Waals surface area (Å²) in [5, 5.41) is 0. The molecule has 0 aromatic heterocycles. The SMILES string of the molecule is COc1ccc(C=C2Cc3cccc(OC)c3C2)cc1. The van der Waals surface area contributed by atoms with Gasteiger partial charge in [0, 0.05) is 5.56 Å². The standard InChI is InChI=1S/C18H18O2/c1-19-16-8-6-13(7-9-16)10-14-11-15-4-3-5-18(20-2)17(15)12-14/h3-10H,11-12H2,1-2H3. The van der Waals surface area contributed by atoms with Crippen molar-refractivity contribution >= 4 is 6.08 Å². The van der Waals surface area contributed by atoms with Crippen LogP contribution in [0.1, 0.15) is 16.7 Å². The summed E-state index contributed by atoms with van der Waals surface area (Å²) >= 11 is 0. The Kier molecular flexibility index (Phi) is 3.46. The second-order valence-electron chi connectivity index (χ2n) is 5.03. The van der Waals surface area contributed by atoms with Crippen molar-refractivity contribution in [3.05, 3.63) is 64.7 Å². The maximum Gasteiger partial charge on any atom is 0.122 e. The van der Waals surface area contributed by atoms with Crippen LogP contribution in [0.2, 0.25) is 0 Å². The zero-order valence-corrected chi connectivity index (χ0v) is 11.8. The van der Waals surface area contributed by atoms with Crippen LogP contribution in [-0.2, 0) is 12.8 Å². The van der Waals surface area contributed by atoms with Crippen LogP contribution in [0.15, 0.2) is 48.0 Å². The number of benzene rings is 2. The van der Waals surface area contributed by atoms with Gasteiger partial charge < -0.3 is 9.47 Å². The molecular weight excluding hydrogens is 248 g/mol. The van der Waals surface area contributed by atoms with Crippen molar-refractivity contribution in [1.29, 1.82) is 0 Å². The van der Waals surface area contributed by atoms with E-state index in [-0.39, 0.29) is 0 Å². The zero-order valence-electron chi connectivity index (χ0n) is 11.8. The fourth-order valence-corrected chi connectivity index (χ4v) is 2.74. The van der Waals surface area contributed by atoms with E-state index in [9.17, 15) is 0 Å². The van der Waals surface area contributed by atoms with Gasteiger partial charge in [0.05, 0.1) is 14.2 Å². The van der Waals surface area contributed by atoms with Crippen LogP contribution in [0, 0.1) is 0 Å². The minimum Gasteiger partial charge on any atom is -0.497 e. The molecule has 0 saturated carbocycles. The number of hydrogen-bond donors (Lipinski definition) is 0. The first-order chi connectivity index (χ1) is 9.80. The number of methoxy groups -OCH3 is 2. The van der Waals surface area contributed by atoms with Gasteiger partial charge in [-0.1, -0.05) is 35.9 Å². The van der Waals surface area contributed by atoms with E-state index in [4.69, 9.17) is 9.47 Å². The summed E-state index contributed by atoms with van der Waals surface area (Å²) in [6.07, 6.45) is 4.25. The van der Waals surface area contributed by atoms with E-state index in [2.05, 4.69) is 30.3 Å². The summed E-state index contributed by atoms with van der Waals surface area (Å²) in [5.74, 6) is 1.89. The Bertz CT molecular complexity index is 639. The molecule has 0 amide bonds. The summed E-state index contributed by atoms with van der Waals surface area (Å²) in [4.78, 5) is 0. The first kappa shape index (κ1) is 12.8. The summed E-state index contributed by atoms with van der Waals surface area (Å²) in [6, 6.07) is 14.5. The molecule has 2 nitrogen and oxygen atoms in total. The maximum atomic E-state index is 5.44. The maximum absolute atomic E-state index is 5.44. The fraction of sp³-hybridized carbons (Fsp3) is 0.222. The monoisotopic (exact) mass is 266 g/mol. The van der Waals surface area contributed by atoms with Crippen LogP contribution in [-0.4, -0.2) is 14.2 Å². The number of rotatable bonds is 3. The van der Waals surface area contributed by atoms with E-state index in [1.165, 1.54) is 22.3 Å². The van der Waals surface area contributed by atoms with Gasteiger partial charge in [-0.25, -0.2) is 0 Å². The third-order valence-corrected chi connectivity index (χ3v) is 3.76. The molecule has 1 aliphatic carbocycles. The lowest BCUT2D eigenvalue weighted by atomic mass is 10.1. The highest BCUT2D eigenvalue weighted by atomic mass is 16.5. The minimum absolute atomic E-state index is 0.892. The van der Waals surface area contributed by atoms with Gasteiger partial charge in [0.15, 0.2) is 0 Å². The highest BCUT2D eigenvalue weighted by Crippen LogP contribution is 2.34. The van der Waals surface area contributed by atoms with E-state index >= 15 is 0 Å². The van der Waals surface area contributed by atoms with Crippen LogP contribution < -0.4 is 9.47 Å². The van der Waals surface area contributed by atoms with Crippen molar-refractivity contribution < 1.29 is 9.47 Å². The second kappa shape index (κ2) is 5.41. The molecule has 0 bridgehead atoms. The van der Waals surface area contributed by atoms with Crippen molar-refractivity contribution in [1.82, 2.24) is 0 Å². The van der Waals surface area contributed by atoms with E-state index in [0.717, 1.165) is 24.3 Å². The van der Waals surface area contributed by atoms with Gasteiger partial charge in [-0.2, -0.15) is 0 Å². The third kappa shape index (κ3) is 2.42. The predicted octanol–water partition coefficient (Wildman–Crippen LogP) is 3.89. The Balaban J connectivity index is 1.85. The lowest BCUT2D eigenvalue weighted by Crippen LogP contribution is -1.89. The van der Waals surface area contributed by atoms with Gasteiger partial charge in [0.2, 0.25) is 0 Å². The van der Waals surface area contributed by atoms with Crippen LogP contribution in [0.25, 0.3) is 6.08 Å². The lowest BCUT2D eigenvalue weighted by Gasteiger charge is -2.05. The van der Waals surface area contributed by atoms with Crippen molar-refractivity contribution in [2.45, 2.75) is 12.8 Å². The molecule has 2 aromatic rings. The van der Waals surface area contributed by atoms with Gasteiger partial charge in [-0.3, -0.25) is 0 Å². The molecule has 0 fully saturated rings. The Hall–Kier alpha value is -2.22. The van der Waals surface area contributed by atoms with E-state index < -0.39 is 0 Å². The molecule has 0 heterocycles. The van der Waals surface area contributed by atoms with Crippen LogP contribution >= 0.6 is 0 Å². The largest absolute Gasteiger partial charge is 0.497 e. The van der Waals surface area contributed by atoms with E-state index in [1.807, 2.05) is 18.2 Å². The van der Waals surface area contributed by atoms with Gasteiger partial charge in [0.1, 0.15) is 11.5 Å². The highest BCUT2D eigenvalue weighted by molar-refractivity contribution is 5.60. The van der Waals surface area contributed by atoms with Crippen LogP contribution in [0.5, 0.6) is 11.5 Å². The molecule has 0 aliphatic heterocycles. The molecule has 2 aromatic carbocycles. The minimum atomic E-state index is 0.892. The summed E-state index contributed by atoms with van der Waals surface area (Å²) in [5.41, 5.74) is 5.35. The summed E-state index contributed by atoms with van der Waals surface area (Å²) < 4.78 is 10.6. The Morgan fingerprint density at radius 1 is 0.900 bits per heavy atom. The molecule has 0 radical (unpaired) electrons. The average molecular weight is 266 g/mol. The lowest BCUT2D eigenvalue weighted by molar-refractivity contribution is 0.411. The van der Waals surface area contributed by atoms with Crippen molar-refractivity contribution in [2.75, 3.05) is 14.2 Å². The molecule has 0 N–H and O–H groups in total.